The smallest absolute Gasteiger partial charge is 0.320 e. The number of nitrogen functional groups attached to an aromatic ring is 1. The molecule has 0 bridgehead atoms. The van der Waals surface area contributed by atoms with Gasteiger partial charge in [-0.2, -0.15) is 9.97 Å². The Bertz CT molecular complexity index is 622. The fraction of sp³-hybridized carbons (Fsp3) is 0.529. The lowest BCUT2D eigenvalue weighted by atomic mass is 10.1. The second kappa shape index (κ2) is 14.4. The normalized spacial score (nSPS) is 10.9. The first-order chi connectivity index (χ1) is 13.1. The van der Waals surface area contributed by atoms with Crippen molar-refractivity contribution in [3.8, 4) is 6.01 Å². The molecule has 0 amide bonds. The van der Waals surface area contributed by atoms with Crippen molar-refractivity contribution in [3.05, 3.63) is 28.7 Å². The first-order valence-electron chi connectivity index (χ1n) is 8.44. The molecular formula is C17H30N6O4. The minimum Gasteiger partial charge on any atom is -0.463 e. The molecule has 0 atom stereocenters. The summed E-state index contributed by atoms with van der Waals surface area (Å²) in [7, 11) is 2.63. The van der Waals surface area contributed by atoms with E-state index in [1.54, 1.807) is 13.2 Å². The van der Waals surface area contributed by atoms with Crippen LogP contribution in [0.3, 0.4) is 0 Å². The number of unbranched alkanes of at least 4 members (excludes halogenated alkanes) is 1. The number of nitroso groups, excluding NO2 is 1. The Hall–Kier alpha value is -2.72. The highest BCUT2D eigenvalue weighted by Gasteiger charge is 2.14. The molecule has 0 unspecified atom stereocenters. The zero-order valence-electron chi connectivity index (χ0n) is 16.4. The van der Waals surface area contributed by atoms with Crippen LogP contribution in [0.4, 0.5) is 17.3 Å². The summed E-state index contributed by atoms with van der Waals surface area (Å²) >= 11 is 0. The summed E-state index contributed by atoms with van der Waals surface area (Å²) in [5.74, 6) is 0.393. The highest BCUT2D eigenvalue weighted by molar-refractivity contribution is 5.75. The van der Waals surface area contributed by atoms with Crippen molar-refractivity contribution >= 4 is 17.3 Å². The predicted molar refractivity (Wildman–Crippen MR) is 108 cm³/mol. The van der Waals surface area contributed by atoms with Gasteiger partial charge in [-0.15, -0.1) is 4.91 Å². The number of anilines is 3. The van der Waals surface area contributed by atoms with Crippen LogP contribution in [0.25, 0.3) is 0 Å². The highest BCUT2D eigenvalue weighted by atomic mass is 16.5. The van der Waals surface area contributed by atoms with Crippen LogP contribution >= 0.6 is 0 Å². The van der Waals surface area contributed by atoms with Gasteiger partial charge < -0.3 is 25.6 Å². The molecule has 0 aliphatic heterocycles. The number of rotatable bonds is 12. The molecule has 1 aromatic heterocycles. The maximum atomic E-state index is 10.6. The third-order valence-corrected chi connectivity index (χ3v) is 3.40. The van der Waals surface area contributed by atoms with Gasteiger partial charge in [-0.05, 0) is 24.5 Å². The number of hydrogen-bond acceptors (Lipinski definition) is 9. The molecule has 1 heterocycles. The molecule has 0 aliphatic carbocycles. The molecule has 0 spiro atoms. The fourth-order valence-corrected chi connectivity index (χ4v) is 2.00. The van der Waals surface area contributed by atoms with E-state index >= 15 is 0 Å². The van der Waals surface area contributed by atoms with Gasteiger partial charge >= 0.3 is 6.01 Å². The van der Waals surface area contributed by atoms with Crippen molar-refractivity contribution in [1.82, 2.24) is 9.97 Å². The average molecular weight is 382 g/mol. The van der Waals surface area contributed by atoms with E-state index in [1.165, 1.54) is 0 Å². The Labute approximate surface area is 159 Å². The Balaban J connectivity index is 0.00000326. The fourth-order valence-electron chi connectivity index (χ4n) is 2.00. The monoisotopic (exact) mass is 382 g/mol. The number of hydrogen-bond donors (Lipinski definition) is 4. The minimum atomic E-state index is 0.0707. The van der Waals surface area contributed by atoms with Crippen LogP contribution in [-0.2, 0) is 4.74 Å². The van der Waals surface area contributed by atoms with E-state index in [9.17, 15) is 4.91 Å². The van der Waals surface area contributed by atoms with Crippen LogP contribution in [0, 0.1) is 4.91 Å². The van der Waals surface area contributed by atoms with Crippen LogP contribution in [0.2, 0.25) is 0 Å². The number of nitrogens with two attached hydrogens (primary N) is 1. The quantitative estimate of drug-likeness (QED) is 0.185. The van der Waals surface area contributed by atoms with Crippen LogP contribution in [-0.4, -0.2) is 49.1 Å². The van der Waals surface area contributed by atoms with Gasteiger partial charge in [0.15, 0.2) is 11.6 Å². The molecule has 1 aromatic rings. The molecule has 0 saturated heterocycles. The van der Waals surface area contributed by atoms with Crippen LogP contribution < -0.4 is 21.2 Å². The van der Waals surface area contributed by atoms with E-state index in [2.05, 4.69) is 39.5 Å². The first-order valence-corrected chi connectivity index (χ1v) is 8.44. The molecule has 5 N–H and O–H groups in total. The third kappa shape index (κ3) is 8.47. The molecule has 27 heavy (non-hydrogen) atoms. The number of methoxy groups -OCH3 is 1. The molecule has 0 saturated carbocycles. The zero-order chi connectivity index (χ0) is 20.7. The molecule has 152 valence electrons. The summed E-state index contributed by atoms with van der Waals surface area (Å²) in [6.07, 6.45) is 3.60. The summed E-state index contributed by atoms with van der Waals surface area (Å²) in [5, 5.41) is 12.8. The van der Waals surface area contributed by atoms with Crippen molar-refractivity contribution < 1.29 is 14.6 Å². The maximum Gasteiger partial charge on any atom is 0.320 e. The van der Waals surface area contributed by atoms with Gasteiger partial charge in [-0.3, -0.25) is 0 Å². The van der Waals surface area contributed by atoms with Gasteiger partial charge in [0.05, 0.1) is 18.5 Å². The summed E-state index contributed by atoms with van der Waals surface area (Å²) in [6, 6.07) is 0.141. The lowest BCUT2D eigenvalue weighted by molar-refractivity contribution is 0.225. The Morgan fingerprint density at radius 1 is 1.41 bits per heavy atom. The first kappa shape index (κ1) is 24.3. The van der Waals surface area contributed by atoms with E-state index in [-0.39, 0.29) is 17.5 Å². The summed E-state index contributed by atoms with van der Waals surface area (Å²) < 4.78 is 10.6. The lowest BCUT2D eigenvalue weighted by Gasteiger charge is -2.14. The second-order valence-electron chi connectivity index (χ2n) is 5.32. The third-order valence-electron chi connectivity index (χ3n) is 3.40. The molecule has 0 radical (unpaired) electrons. The number of nitrogens with one attached hydrogen (secondary N) is 2. The standard InChI is InChI=1S/C16H26N6O3.CH4O/c1-5-7-8-25-16-19-14(17)13(21-22-23)15(20-16)18-9-12(6-2)11(3)10-24-4;1-2/h6H,2,5,7-10H2,1,3-4H3,(H,21,23)(H3,17,18,19,20);2H,1H3/b12-11-;. The largest absolute Gasteiger partial charge is 0.463 e. The second-order valence-corrected chi connectivity index (χ2v) is 5.32. The summed E-state index contributed by atoms with van der Waals surface area (Å²) in [4.78, 5) is 18.9. The average Bonchev–Trinajstić information content (AvgIpc) is 2.67. The van der Waals surface area contributed by atoms with Gasteiger partial charge in [0.25, 0.3) is 0 Å². The van der Waals surface area contributed by atoms with Gasteiger partial charge in [-0.25, -0.2) is 5.43 Å². The topological polar surface area (TPSA) is 144 Å². The van der Waals surface area contributed by atoms with Gasteiger partial charge in [0.2, 0.25) is 0 Å². The number of nitrogens with zero attached hydrogens (tertiary/aromatic N) is 3. The zero-order valence-corrected chi connectivity index (χ0v) is 16.4. The lowest BCUT2D eigenvalue weighted by Crippen LogP contribution is -2.13. The van der Waals surface area contributed by atoms with E-state index in [0.29, 0.717) is 25.6 Å². The van der Waals surface area contributed by atoms with Crippen LogP contribution in [0.15, 0.2) is 29.1 Å². The van der Waals surface area contributed by atoms with Gasteiger partial charge in [-0.1, -0.05) is 26.0 Å². The molecule has 0 fully saturated rings. The number of aliphatic hydroxyl groups excluding tert-OH is 1. The maximum absolute atomic E-state index is 10.6. The summed E-state index contributed by atoms with van der Waals surface area (Å²) in [5.41, 5.74) is 10.3. The molecule has 10 nitrogen and oxygen atoms in total. The predicted octanol–water partition coefficient (Wildman–Crippen LogP) is 2.50. The van der Waals surface area contributed by atoms with Gasteiger partial charge in [0, 0.05) is 20.8 Å². The SMILES string of the molecule is C=C/C(CNc1nc(OCCCC)nc(N)c1NN=O)=C(\C)COC.CO. The molecule has 1 rings (SSSR count). The molecule has 10 heteroatoms. The Morgan fingerprint density at radius 2 is 2.11 bits per heavy atom. The van der Waals surface area contributed by atoms with E-state index in [1.807, 2.05) is 6.92 Å². The molecule has 0 aliphatic rings. The minimum absolute atomic E-state index is 0.0707. The Morgan fingerprint density at radius 3 is 2.67 bits per heavy atom. The van der Waals surface area contributed by atoms with E-state index in [0.717, 1.165) is 31.1 Å². The van der Waals surface area contributed by atoms with E-state index < -0.39 is 0 Å². The van der Waals surface area contributed by atoms with Crippen molar-refractivity contribution in [2.24, 2.45) is 5.29 Å². The Kier molecular flexibility index (Phi) is 13.0. The van der Waals surface area contributed by atoms with Crippen molar-refractivity contribution in [2.45, 2.75) is 26.7 Å². The van der Waals surface area contributed by atoms with Gasteiger partial charge in [0.1, 0.15) is 5.69 Å². The van der Waals surface area contributed by atoms with Crippen LogP contribution in [0.1, 0.15) is 26.7 Å². The van der Waals surface area contributed by atoms with Crippen molar-refractivity contribution in [1.29, 1.82) is 0 Å². The van der Waals surface area contributed by atoms with Crippen molar-refractivity contribution in [2.75, 3.05) is 50.5 Å². The molecular weight excluding hydrogens is 352 g/mol. The number of aromatic nitrogens is 2. The molecule has 0 aromatic carbocycles. The van der Waals surface area contributed by atoms with Crippen molar-refractivity contribution in [3.63, 3.8) is 0 Å². The summed E-state index contributed by atoms with van der Waals surface area (Å²) in [6.45, 7) is 9.19. The number of ether oxygens (including phenoxy) is 2. The van der Waals surface area contributed by atoms with Crippen LogP contribution in [0.5, 0.6) is 6.01 Å². The number of aliphatic hydroxyl groups is 1. The highest BCUT2D eigenvalue weighted by Crippen LogP contribution is 2.28. The van der Waals surface area contributed by atoms with E-state index in [4.69, 9.17) is 20.3 Å².